The Morgan fingerprint density at radius 1 is 1.27 bits per heavy atom. The summed E-state index contributed by atoms with van der Waals surface area (Å²) in [4.78, 5) is 11.9. The number of aliphatic hydroxyl groups is 1. The van der Waals surface area contributed by atoms with Crippen molar-refractivity contribution < 1.29 is 5.11 Å². The number of hydrogen-bond donors (Lipinski definition) is 1. The van der Waals surface area contributed by atoms with Crippen LogP contribution in [-0.2, 0) is 6.54 Å². The molecule has 1 saturated carbocycles. The average Bonchev–Trinajstić information content (AvgIpc) is 3.30. The van der Waals surface area contributed by atoms with E-state index in [0.29, 0.717) is 12.1 Å². The smallest absolute Gasteiger partial charge is 0.266 e. The highest BCUT2D eigenvalue weighted by Crippen LogP contribution is 2.48. The van der Waals surface area contributed by atoms with Crippen LogP contribution >= 0.6 is 0 Å². The van der Waals surface area contributed by atoms with Gasteiger partial charge in [-0.25, -0.2) is 4.68 Å². The summed E-state index contributed by atoms with van der Waals surface area (Å²) in [6.45, 7) is 0.114. The lowest BCUT2D eigenvalue weighted by Gasteiger charge is -2.14. The van der Waals surface area contributed by atoms with Crippen LogP contribution in [0.1, 0.15) is 19.3 Å². The molecule has 0 saturated heterocycles. The monoisotopic (exact) mass is 295 g/mol. The predicted molar refractivity (Wildman–Crippen MR) is 81.8 cm³/mol. The van der Waals surface area contributed by atoms with Gasteiger partial charge in [0.1, 0.15) is 0 Å². The van der Waals surface area contributed by atoms with E-state index in [2.05, 4.69) is 11.2 Å². The van der Waals surface area contributed by atoms with Crippen LogP contribution in [0.4, 0.5) is 0 Å². The fourth-order valence-corrected chi connectivity index (χ4v) is 2.57. The zero-order chi connectivity index (χ0) is 15.6. The minimum Gasteiger partial charge on any atom is -0.391 e. The van der Waals surface area contributed by atoms with Gasteiger partial charge in [-0.05, 0) is 25.3 Å². The fourth-order valence-electron chi connectivity index (χ4n) is 2.57. The third-order valence-corrected chi connectivity index (χ3v) is 4.04. The molecular formula is C17H17N3O2. The maximum Gasteiger partial charge on any atom is 0.266 e. The Hall–Kier alpha value is -2.45. The van der Waals surface area contributed by atoms with Crippen LogP contribution in [0.2, 0.25) is 0 Å². The van der Waals surface area contributed by atoms with Crippen molar-refractivity contribution in [3.63, 3.8) is 0 Å². The summed E-state index contributed by atoms with van der Waals surface area (Å²) >= 11 is 0. The number of aromatic nitrogens is 2. The Morgan fingerprint density at radius 3 is 2.64 bits per heavy atom. The first-order valence-corrected chi connectivity index (χ1v) is 7.35. The van der Waals surface area contributed by atoms with Gasteiger partial charge in [0.25, 0.3) is 5.56 Å². The van der Waals surface area contributed by atoms with Crippen LogP contribution in [0.5, 0.6) is 0 Å². The van der Waals surface area contributed by atoms with Gasteiger partial charge >= 0.3 is 0 Å². The normalized spacial score (nSPS) is 16.7. The third-order valence-electron chi connectivity index (χ3n) is 4.04. The zero-order valence-corrected chi connectivity index (χ0v) is 12.1. The van der Waals surface area contributed by atoms with E-state index in [1.165, 1.54) is 10.7 Å². The highest BCUT2D eigenvalue weighted by molar-refractivity contribution is 5.57. The lowest BCUT2D eigenvalue weighted by Crippen LogP contribution is -2.29. The summed E-state index contributed by atoms with van der Waals surface area (Å²) in [7, 11) is 0. The summed E-state index contributed by atoms with van der Waals surface area (Å²) in [6.07, 6.45) is 1.31. The molecule has 0 spiro atoms. The Kier molecular flexibility index (Phi) is 3.78. The lowest BCUT2D eigenvalue weighted by atomic mass is 10.0. The van der Waals surface area contributed by atoms with Crippen molar-refractivity contribution in [1.82, 2.24) is 9.78 Å². The highest BCUT2D eigenvalue weighted by atomic mass is 16.3. The Labute approximate surface area is 128 Å². The Bertz CT molecular complexity index is 757. The molecule has 112 valence electrons. The maximum atomic E-state index is 11.9. The van der Waals surface area contributed by atoms with E-state index in [4.69, 9.17) is 5.26 Å². The molecule has 0 amide bonds. The van der Waals surface area contributed by atoms with E-state index < -0.39 is 6.10 Å². The van der Waals surface area contributed by atoms with Crippen LogP contribution < -0.4 is 5.56 Å². The summed E-state index contributed by atoms with van der Waals surface area (Å²) in [5.74, 6) is 0. The molecule has 5 heteroatoms. The number of rotatable bonds is 5. The topological polar surface area (TPSA) is 78.9 Å². The van der Waals surface area contributed by atoms with Gasteiger partial charge in [0.05, 0.1) is 29.8 Å². The third kappa shape index (κ3) is 3.07. The van der Waals surface area contributed by atoms with E-state index in [9.17, 15) is 9.90 Å². The molecule has 1 heterocycles. The van der Waals surface area contributed by atoms with Gasteiger partial charge in [0, 0.05) is 11.6 Å². The number of nitrogens with zero attached hydrogens (tertiary/aromatic N) is 3. The molecule has 3 rings (SSSR count). The van der Waals surface area contributed by atoms with Gasteiger partial charge in [-0.15, -0.1) is 0 Å². The van der Waals surface area contributed by atoms with E-state index in [-0.39, 0.29) is 17.5 Å². The van der Waals surface area contributed by atoms with Crippen LogP contribution in [0, 0.1) is 16.7 Å². The van der Waals surface area contributed by atoms with Crippen LogP contribution in [-0.4, -0.2) is 21.0 Å². The van der Waals surface area contributed by atoms with Crippen LogP contribution in [0.25, 0.3) is 11.3 Å². The first-order chi connectivity index (χ1) is 10.6. The molecule has 0 aliphatic heterocycles. The Balaban J connectivity index is 1.79. The molecule has 5 nitrogen and oxygen atoms in total. The molecule has 1 aromatic carbocycles. The quantitative estimate of drug-likeness (QED) is 0.914. The van der Waals surface area contributed by atoms with Gasteiger partial charge < -0.3 is 5.11 Å². The van der Waals surface area contributed by atoms with Crippen LogP contribution in [0.3, 0.4) is 0 Å². The van der Waals surface area contributed by atoms with Gasteiger partial charge in [-0.3, -0.25) is 4.79 Å². The van der Waals surface area contributed by atoms with Gasteiger partial charge in [-0.1, -0.05) is 30.3 Å². The predicted octanol–water partition coefficient (Wildman–Crippen LogP) is 1.97. The largest absolute Gasteiger partial charge is 0.391 e. The molecule has 0 radical (unpaired) electrons. The molecule has 1 atom stereocenters. The number of hydrogen-bond acceptors (Lipinski definition) is 4. The number of nitriles is 1. The summed E-state index contributed by atoms with van der Waals surface area (Å²) in [6, 6.07) is 15.0. The zero-order valence-electron chi connectivity index (χ0n) is 12.1. The first kappa shape index (κ1) is 14.5. The van der Waals surface area contributed by atoms with Crippen molar-refractivity contribution in [3.8, 4) is 17.3 Å². The number of benzene rings is 1. The van der Waals surface area contributed by atoms with Crippen molar-refractivity contribution in [2.24, 2.45) is 5.41 Å². The second-order valence-electron chi connectivity index (χ2n) is 5.86. The molecule has 1 aromatic heterocycles. The number of aliphatic hydroxyl groups excluding tert-OH is 1. The van der Waals surface area contributed by atoms with E-state index in [0.717, 1.165) is 18.4 Å². The highest BCUT2D eigenvalue weighted by Gasteiger charge is 2.44. The van der Waals surface area contributed by atoms with Gasteiger partial charge in [0.15, 0.2) is 0 Å². The first-order valence-electron chi connectivity index (χ1n) is 7.35. The molecule has 0 bridgehead atoms. The lowest BCUT2D eigenvalue weighted by molar-refractivity contribution is 0.122. The Morgan fingerprint density at radius 2 is 2.00 bits per heavy atom. The van der Waals surface area contributed by atoms with E-state index in [1.807, 2.05) is 30.3 Å². The van der Waals surface area contributed by atoms with Gasteiger partial charge in [0.2, 0.25) is 0 Å². The second kappa shape index (κ2) is 5.74. The van der Waals surface area contributed by atoms with E-state index >= 15 is 0 Å². The summed E-state index contributed by atoms with van der Waals surface area (Å²) in [5.41, 5.74) is 0.968. The molecule has 1 fully saturated rings. The van der Waals surface area contributed by atoms with Crippen molar-refractivity contribution in [1.29, 1.82) is 5.26 Å². The SMILES string of the molecule is N#CC1(CC(O)Cn2nc(-c3ccccc3)ccc2=O)CC1. The van der Waals surface area contributed by atoms with Gasteiger partial charge in [-0.2, -0.15) is 10.4 Å². The van der Waals surface area contributed by atoms with Crippen molar-refractivity contribution >= 4 is 0 Å². The van der Waals surface area contributed by atoms with Crippen molar-refractivity contribution in [3.05, 3.63) is 52.8 Å². The molecule has 2 aromatic rings. The maximum absolute atomic E-state index is 11.9. The van der Waals surface area contributed by atoms with Crippen molar-refractivity contribution in [2.45, 2.75) is 31.9 Å². The van der Waals surface area contributed by atoms with E-state index in [1.54, 1.807) is 6.07 Å². The summed E-state index contributed by atoms with van der Waals surface area (Å²) < 4.78 is 1.28. The molecule has 1 unspecified atom stereocenters. The molecule has 1 aliphatic rings. The molecule has 1 N–H and O–H groups in total. The standard InChI is InChI=1S/C17H17N3O2/c18-12-17(8-9-17)10-14(21)11-20-16(22)7-6-15(19-20)13-4-2-1-3-5-13/h1-7,14,21H,8-11H2. The minimum atomic E-state index is -0.738. The summed E-state index contributed by atoms with van der Waals surface area (Å²) in [5, 5.41) is 23.5. The average molecular weight is 295 g/mol. The minimum absolute atomic E-state index is 0.114. The van der Waals surface area contributed by atoms with Crippen LogP contribution in [0.15, 0.2) is 47.3 Å². The molecular weight excluding hydrogens is 278 g/mol. The molecule has 22 heavy (non-hydrogen) atoms. The molecule has 1 aliphatic carbocycles. The second-order valence-corrected chi connectivity index (χ2v) is 5.86. The fraction of sp³-hybridized carbons (Fsp3) is 0.353. The van der Waals surface area contributed by atoms with Crippen molar-refractivity contribution in [2.75, 3.05) is 0 Å².